The third kappa shape index (κ3) is 3.71. The number of anilines is 1. The van der Waals surface area contributed by atoms with Crippen LogP contribution in [0.2, 0.25) is 0 Å². The van der Waals surface area contributed by atoms with Crippen LogP contribution in [0, 0.1) is 5.92 Å². The van der Waals surface area contributed by atoms with Crippen molar-refractivity contribution >= 4 is 15.5 Å². The van der Waals surface area contributed by atoms with E-state index in [1.54, 1.807) is 0 Å². The van der Waals surface area contributed by atoms with Gasteiger partial charge >= 0.3 is 0 Å². The fourth-order valence-electron chi connectivity index (χ4n) is 2.52. The van der Waals surface area contributed by atoms with Crippen LogP contribution < -0.4 is 5.73 Å². The lowest BCUT2D eigenvalue weighted by Crippen LogP contribution is -2.26. The zero-order valence-corrected chi connectivity index (χ0v) is 11.5. The molecule has 5 heteroatoms. The summed E-state index contributed by atoms with van der Waals surface area (Å²) in [4.78, 5) is 2.17. The van der Waals surface area contributed by atoms with Crippen LogP contribution in [-0.4, -0.2) is 38.4 Å². The highest BCUT2D eigenvalue weighted by Crippen LogP contribution is 2.20. The third-order valence-corrected chi connectivity index (χ3v) is 5.14. The quantitative estimate of drug-likeness (QED) is 0.832. The smallest absolute Gasteiger partial charge is 0.150 e. The Balaban J connectivity index is 1.88. The average Bonchev–Trinajstić information content (AvgIpc) is 2.57. The van der Waals surface area contributed by atoms with Gasteiger partial charge in [-0.1, -0.05) is 12.1 Å². The molecule has 18 heavy (non-hydrogen) atoms. The molecule has 1 heterocycles. The topological polar surface area (TPSA) is 63.4 Å². The van der Waals surface area contributed by atoms with Crippen molar-refractivity contribution in [3.8, 4) is 0 Å². The Morgan fingerprint density at radius 2 is 2.22 bits per heavy atom. The van der Waals surface area contributed by atoms with Gasteiger partial charge in [-0.25, -0.2) is 8.42 Å². The Bertz CT molecular complexity index is 513. The minimum atomic E-state index is -2.77. The first-order valence-electron chi connectivity index (χ1n) is 6.18. The molecule has 0 radical (unpaired) electrons. The van der Waals surface area contributed by atoms with Crippen molar-refractivity contribution in [2.75, 3.05) is 30.8 Å². The van der Waals surface area contributed by atoms with E-state index in [0.29, 0.717) is 11.5 Å². The zero-order chi connectivity index (χ0) is 13.2. The van der Waals surface area contributed by atoms with Crippen LogP contribution >= 0.6 is 0 Å². The Morgan fingerprint density at radius 1 is 1.44 bits per heavy atom. The maximum atomic E-state index is 11.4. The average molecular weight is 268 g/mol. The summed E-state index contributed by atoms with van der Waals surface area (Å²) in [5, 5.41) is 0. The number of nitrogen functional groups attached to an aromatic ring is 1. The van der Waals surface area contributed by atoms with E-state index in [1.165, 1.54) is 5.56 Å². The molecule has 1 unspecified atom stereocenters. The summed E-state index contributed by atoms with van der Waals surface area (Å²) < 4.78 is 22.8. The number of sulfone groups is 1. The Kier molecular flexibility index (Phi) is 3.92. The van der Waals surface area contributed by atoms with Crippen LogP contribution in [0.5, 0.6) is 0 Å². The number of hydrogen-bond acceptors (Lipinski definition) is 4. The predicted octanol–water partition coefficient (Wildman–Crippen LogP) is 1.14. The molecule has 100 valence electrons. The molecule has 1 fully saturated rings. The molecule has 1 aliphatic heterocycles. The van der Waals surface area contributed by atoms with Gasteiger partial charge in [0.25, 0.3) is 0 Å². The molecule has 4 nitrogen and oxygen atoms in total. The van der Waals surface area contributed by atoms with Crippen molar-refractivity contribution < 1.29 is 8.42 Å². The third-order valence-electron chi connectivity index (χ3n) is 3.30. The van der Waals surface area contributed by atoms with Crippen molar-refractivity contribution in [3.63, 3.8) is 0 Å². The molecular formula is C13H20N2O2S. The molecule has 1 aliphatic rings. The van der Waals surface area contributed by atoms with Gasteiger partial charge in [0, 0.05) is 18.8 Å². The molecule has 1 atom stereocenters. The predicted molar refractivity (Wildman–Crippen MR) is 73.9 cm³/mol. The lowest BCUT2D eigenvalue weighted by molar-refractivity contribution is 0.281. The normalized spacial score (nSPS) is 22.4. The molecule has 1 aromatic carbocycles. The summed E-state index contributed by atoms with van der Waals surface area (Å²) >= 11 is 0. The second-order valence-electron chi connectivity index (χ2n) is 5.21. The van der Waals surface area contributed by atoms with Gasteiger partial charge in [-0.3, -0.25) is 0 Å². The van der Waals surface area contributed by atoms with Gasteiger partial charge in [0.2, 0.25) is 0 Å². The molecule has 0 aliphatic carbocycles. The van der Waals surface area contributed by atoms with E-state index in [4.69, 9.17) is 5.73 Å². The van der Waals surface area contributed by atoms with Gasteiger partial charge in [0.1, 0.15) is 0 Å². The van der Waals surface area contributed by atoms with Crippen molar-refractivity contribution in [2.24, 2.45) is 5.92 Å². The Hall–Kier alpha value is -1.07. The van der Waals surface area contributed by atoms with Crippen LogP contribution in [-0.2, 0) is 16.4 Å². The summed E-state index contributed by atoms with van der Waals surface area (Å²) in [7, 11) is -0.745. The Morgan fingerprint density at radius 3 is 2.83 bits per heavy atom. The van der Waals surface area contributed by atoms with Crippen LogP contribution in [0.4, 0.5) is 5.69 Å². The van der Waals surface area contributed by atoms with Crippen molar-refractivity contribution in [3.05, 3.63) is 29.8 Å². The van der Waals surface area contributed by atoms with Gasteiger partial charge in [-0.2, -0.15) is 0 Å². The van der Waals surface area contributed by atoms with Crippen molar-refractivity contribution in [1.82, 2.24) is 4.90 Å². The number of benzene rings is 1. The van der Waals surface area contributed by atoms with Crippen molar-refractivity contribution in [1.29, 1.82) is 0 Å². The molecule has 0 aromatic heterocycles. The largest absolute Gasteiger partial charge is 0.399 e. The lowest BCUT2D eigenvalue weighted by Gasteiger charge is -2.20. The highest BCUT2D eigenvalue weighted by molar-refractivity contribution is 7.91. The van der Waals surface area contributed by atoms with Gasteiger partial charge in [0.15, 0.2) is 9.84 Å². The minimum absolute atomic E-state index is 0.279. The maximum absolute atomic E-state index is 11.4. The van der Waals surface area contributed by atoms with E-state index in [9.17, 15) is 8.42 Å². The second-order valence-corrected chi connectivity index (χ2v) is 7.44. The number of nitrogens with two attached hydrogens (primary N) is 1. The van der Waals surface area contributed by atoms with E-state index in [1.807, 2.05) is 31.3 Å². The molecule has 0 amide bonds. The van der Waals surface area contributed by atoms with Gasteiger partial charge in [-0.15, -0.1) is 0 Å². The van der Waals surface area contributed by atoms with Crippen LogP contribution in [0.25, 0.3) is 0 Å². The van der Waals surface area contributed by atoms with Crippen LogP contribution in [0.15, 0.2) is 24.3 Å². The van der Waals surface area contributed by atoms with E-state index in [2.05, 4.69) is 4.90 Å². The number of nitrogens with zero attached hydrogens (tertiary/aromatic N) is 1. The summed E-state index contributed by atoms with van der Waals surface area (Å²) in [5.74, 6) is 0.971. The highest BCUT2D eigenvalue weighted by Gasteiger charge is 2.28. The monoisotopic (exact) mass is 268 g/mol. The highest BCUT2D eigenvalue weighted by atomic mass is 32.2. The molecule has 0 spiro atoms. The maximum Gasteiger partial charge on any atom is 0.150 e. The molecular weight excluding hydrogens is 248 g/mol. The summed E-state index contributed by atoms with van der Waals surface area (Å²) in [5.41, 5.74) is 7.67. The van der Waals surface area contributed by atoms with E-state index >= 15 is 0 Å². The fraction of sp³-hybridized carbons (Fsp3) is 0.538. The first kappa shape index (κ1) is 13.4. The molecule has 2 rings (SSSR count). The first-order chi connectivity index (χ1) is 8.44. The standard InChI is InChI=1S/C13H20N2O2S/c1-15(8-11-3-2-4-13(14)7-11)9-12-5-6-18(16,17)10-12/h2-4,7,12H,5-6,8-10,14H2,1H3. The fourth-order valence-corrected chi connectivity index (χ4v) is 4.37. The summed E-state index contributed by atoms with van der Waals surface area (Å²) in [6, 6.07) is 7.81. The SMILES string of the molecule is CN(Cc1cccc(N)c1)CC1CCS(=O)(=O)C1. The van der Waals surface area contributed by atoms with E-state index in [0.717, 1.165) is 25.2 Å². The number of hydrogen-bond donors (Lipinski definition) is 1. The molecule has 0 bridgehead atoms. The molecule has 1 aromatic rings. The van der Waals surface area contributed by atoms with Crippen molar-refractivity contribution in [2.45, 2.75) is 13.0 Å². The minimum Gasteiger partial charge on any atom is -0.399 e. The zero-order valence-electron chi connectivity index (χ0n) is 10.7. The van der Waals surface area contributed by atoms with Gasteiger partial charge in [0.05, 0.1) is 11.5 Å². The summed E-state index contributed by atoms with van der Waals surface area (Å²) in [6.45, 7) is 1.63. The van der Waals surface area contributed by atoms with Gasteiger partial charge < -0.3 is 10.6 Å². The first-order valence-corrected chi connectivity index (χ1v) is 8.00. The number of rotatable bonds is 4. The molecule has 0 saturated carbocycles. The molecule has 2 N–H and O–H groups in total. The van der Waals surface area contributed by atoms with Crippen LogP contribution in [0.3, 0.4) is 0 Å². The molecule has 1 saturated heterocycles. The Labute approximate surface area is 109 Å². The summed E-state index contributed by atoms with van der Waals surface area (Å²) in [6.07, 6.45) is 0.795. The second kappa shape index (κ2) is 5.28. The van der Waals surface area contributed by atoms with Gasteiger partial charge in [-0.05, 0) is 37.1 Å². The van der Waals surface area contributed by atoms with Crippen LogP contribution in [0.1, 0.15) is 12.0 Å². The lowest BCUT2D eigenvalue weighted by atomic mass is 10.1. The van der Waals surface area contributed by atoms with E-state index < -0.39 is 9.84 Å². The van der Waals surface area contributed by atoms with E-state index in [-0.39, 0.29) is 5.92 Å².